The van der Waals surface area contributed by atoms with Crippen molar-refractivity contribution in [2.45, 2.75) is 13.5 Å². The first kappa shape index (κ1) is 18.6. The van der Waals surface area contributed by atoms with Gasteiger partial charge in [0.15, 0.2) is 6.79 Å². The fraction of sp³-hybridized carbons (Fsp3) is 0.200. The van der Waals surface area contributed by atoms with Crippen LogP contribution in [0, 0.1) is 5.82 Å². The highest BCUT2D eigenvalue weighted by Gasteiger charge is 2.15. The van der Waals surface area contributed by atoms with Gasteiger partial charge in [0.25, 0.3) is 5.91 Å². The molecule has 1 aliphatic rings. The maximum absolute atomic E-state index is 13.7. The summed E-state index contributed by atoms with van der Waals surface area (Å²) in [6.45, 7) is 2.68. The highest BCUT2D eigenvalue weighted by atomic mass is 19.1. The van der Waals surface area contributed by atoms with Crippen LogP contribution in [0.2, 0.25) is 0 Å². The molecule has 0 radical (unpaired) electrons. The van der Waals surface area contributed by atoms with Crippen molar-refractivity contribution in [3.05, 3.63) is 65.0 Å². The van der Waals surface area contributed by atoms with E-state index < -0.39 is 11.7 Å². The van der Waals surface area contributed by atoms with Crippen molar-refractivity contribution in [2.75, 3.05) is 18.7 Å². The second-order valence-corrected chi connectivity index (χ2v) is 5.86. The number of halogens is 1. The summed E-state index contributed by atoms with van der Waals surface area (Å²) in [4.78, 5) is 24.1. The summed E-state index contributed by atoms with van der Waals surface area (Å²) in [5, 5.41) is 5.38. The number of benzene rings is 2. The Morgan fingerprint density at radius 1 is 1.26 bits per heavy atom. The maximum Gasteiger partial charge on any atom is 0.251 e. The van der Waals surface area contributed by atoms with Crippen LogP contribution >= 0.6 is 0 Å². The van der Waals surface area contributed by atoms with Crippen molar-refractivity contribution >= 4 is 23.6 Å². The van der Waals surface area contributed by atoms with Crippen molar-refractivity contribution in [1.82, 2.24) is 5.32 Å². The third-order valence-electron chi connectivity index (χ3n) is 3.85. The van der Waals surface area contributed by atoms with Crippen molar-refractivity contribution in [3.63, 3.8) is 0 Å². The molecule has 27 heavy (non-hydrogen) atoms. The van der Waals surface area contributed by atoms with E-state index >= 15 is 0 Å². The zero-order chi connectivity index (χ0) is 19.2. The summed E-state index contributed by atoms with van der Waals surface area (Å²) in [5.74, 6) is -0.550. The zero-order valence-electron chi connectivity index (χ0n) is 14.8. The quantitative estimate of drug-likeness (QED) is 0.793. The van der Waals surface area contributed by atoms with Gasteiger partial charge in [0.1, 0.15) is 11.6 Å². The minimum atomic E-state index is -0.433. The van der Waals surface area contributed by atoms with Gasteiger partial charge >= 0.3 is 0 Å². The molecule has 2 N–H and O–H groups in total. The molecule has 2 amide bonds. The maximum atomic E-state index is 13.7. The Bertz CT molecular complexity index is 896. The minimum absolute atomic E-state index is 0.0816. The standard InChI is InChI=1S/C20H19FN2O4/c1-2-22-20(25)14-4-3-5-17(10-14)23-18(24)7-6-13-8-16(21)9-15-11-26-12-27-19(13)15/h3-10H,2,11-12H2,1H3,(H,22,25)(H,23,24). The highest BCUT2D eigenvalue weighted by molar-refractivity contribution is 6.03. The number of ether oxygens (including phenoxy) is 2. The molecule has 2 aromatic rings. The topological polar surface area (TPSA) is 76.7 Å². The monoisotopic (exact) mass is 370 g/mol. The molecular formula is C20H19FN2O4. The number of nitrogens with one attached hydrogen (secondary N) is 2. The number of anilines is 1. The number of rotatable bonds is 5. The molecule has 0 aromatic heterocycles. The lowest BCUT2D eigenvalue weighted by Gasteiger charge is -2.19. The van der Waals surface area contributed by atoms with Gasteiger partial charge in [-0.25, -0.2) is 4.39 Å². The molecule has 140 valence electrons. The van der Waals surface area contributed by atoms with E-state index in [2.05, 4.69) is 10.6 Å². The molecule has 0 bridgehead atoms. The Morgan fingerprint density at radius 3 is 2.93 bits per heavy atom. The Morgan fingerprint density at radius 2 is 2.11 bits per heavy atom. The highest BCUT2D eigenvalue weighted by Crippen LogP contribution is 2.30. The molecular weight excluding hydrogens is 351 g/mol. The Balaban J connectivity index is 1.72. The molecule has 1 aliphatic heterocycles. The van der Waals surface area contributed by atoms with E-state index in [0.717, 1.165) is 0 Å². The zero-order valence-corrected chi connectivity index (χ0v) is 14.8. The second-order valence-electron chi connectivity index (χ2n) is 5.86. The van der Waals surface area contributed by atoms with Gasteiger partial charge in [0.05, 0.1) is 6.61 Å². The van der Waals surface area contributed by atoms with Crippen LogP contribution < -0.4 is 15.4 Å². The van der Waals surface area contributed by atoms with Gasteiger partial charge in [-0.05, 0) is 43.3 Å². The molecule has 3 rings (SSSR count). The summed E-state index contributed by atoms with van der Waals surface area (Å²) >= 11 is 0. The molecule has 0 unspecified atom stereocenters. The number of carbonyl (C=O) groups is 2. The summed E-state index contributed by atoms with van der Waals surface area (Å²) in [5.41, 5.74) is 1.99. The number of hydrogen-bond acceptors (Lipinski definition) is 4. The number of fused-ring (bicyclic) bond motifs is 1. The SMILES string of the molecule is CCNC(=O)c1cccc(NC(=O)C=Cc2cc(F)cc3c2OCOC3)c1. The molecule has 0 atom stereocenters. The van der Waals surface area contributed by atoms with Crippen molar-refractivity contribution in [1.29, 1.82) is 0 Å². The predicted molar refractivity (Wildman–Crippen MR) is 98.8 cm³/mol. The van der Waals surface area contributed by atoms with Crippen molar-refractivity contribution in [2.24, 2.45) is 0 Å². The first-order chi connectivity index (χ1) is 13.1. The molecule has 1 heterocycles. The Labute approximate surface area is 156 Å². The average molecular weight is 370 g/mol. The molecule has 7 heteroatoms. The number of hydrogen-bond donors (Lipinski definition) is 2. The summed E-state index contributed by atoms with van der Waals surface area (Å²) in [6, 6.07) is 9.25. The Kier molecular flexibility index (Phi) is 5.83. The van der Waals surface area contributed by atoms with Gasteiger partial charge in [-0.15, -0.1) is 0 Å². The van der Waals surface area contributed by atoms with Gasteiger partial charge < -0.3 is 20.1 Å². The largest absolute Gasteiger partial charge is 0.467 e. The first-order valence-electron chi connectivity index (χ1n) is 8.47. The van der Waals surface area contributed by atoms with Gasteiger partial charge in [0.2, 0.25) is 5.91 Å². The van der Waals surface area contributed by atoms with Crippen LogP contribution in [-0.2, 0) is 16.1 Å². The van der Waals surface area contributed by atoms with E-state index in [1.807, 2.05) is 6.92 Å². The molecule has 2 aromatic carbocycles. The average Bonchev–Trinajstić information content (AvgIpc) is 2.66. The predicted octanol–water partition coefficient (Wildman–Crippen LogP) is 3.09. The first-order valence-corrected chi connectivity index (χ1v) is 8.47. The Hall–Kier alpha value is -3.19. The van der Waals surface area contributed by atoms with Crippen molar-refractivity contribution < 1.29 is 23.5 Å². The fourth-order valence-corrected chi connectivity index (χ4v) is 2.68. The van der Waals surface area contributed by atoms with Crippen LogP contribution in [0.4, 0.5) is 10.1 Å². The van der Waals surface area contributed by atoms with E-state index in [1.54, 1.807) is 24.3 Å². The minimum Gasteiger partial charge on any atom is -0.467 e. The molecule has 0 saturated heterocycles. The van der Waals surface area contributed by atoms with Gasteiger partial charge in [-0.1, -0.05) is 6.07 Å². The molecule has 0 fully saturated rings. The third kappa shape index (κ3) is 4.71. The smallest absolute Gasteiger partial charge is 0.251 e. The fourth-order valence-electron chi connectivity index (χ4n) is 2.68. The van der Waals surface area contributed by atoms with E-state index in [-0.39, 0.29) is 19.3 Å². The van der Waals surface area contributed by atoms with Crippen LogP contribution in [-0.4, -0.2) is 25.2 Å². The third-order valence-corrected chi connectivity index (χ3v) is 3.85. The van der Waals surface area contributed by atoms with E-state index in [9.17, 15) is 14.0 Å². The normalized spacial score (nSPS) is 13.0. The lowest BCUT2D eigenvalue weighted by Crippen LogP contribution is -2.22. The van der Waals surface area contributed by atoms with E-state index in [0.29, 0.717) is 34.7 Å². The van der Waals surface area contributed by atoms with Crippen LogP contribution in [0.25, 0.3) is 6.08 Å². The number of amides is 2. The van der Waals surface area contributed by atoms with Crippen LogP contribution in [0.15, 0.2) is 42.5 Å². The summed E-state index contributed by atoms with van der Waals surface area (Å²) < 4.78 is 24.3. The van der Waals surface area contributed by atoms with Crippen LogP contribution in [0.5, 0.6) is 5.75 Å². The van der Waals surface area contributed by atoms with Crippen LogP contribution in [0.1, 0.15) is 28.4 Å². The van der Waals surface area contributed by atoms with Gasteiger partial charge in [-0.3, -0.25) is 9.59 Å². The lowest BCUT2D eigenvalue weighted by atomic mass is 10.1. The van der Waals surface area contributed by atoms with Gasteiger partial charge in [0, 0.05) is 35.0 Å². The van der Waals surface area contributed by atoms with Gasteiger partial charge in [-0.2, -0.15) is 0 Å². The molecule has 0 aliphatic carbocycles. The molecule has 0 saturated carbocycles. The lowest BCUT2D eigenvalue weighted by molar-refractivity contribution is -0.111. The molecule has 0 spiro atoms. The summed E-state index contributed by atoms with van der Waals surface area (Å²) in [6.07, 6.45) is 2.77. The number of carbonyl (C=O) groups excluding carboxylic acids is 2. The van der Waals surface area contributed by atoms with Crippen molar-refractivity contribution in [3.8, 4) is 5.75 Å². The van der Waals surface area contributed by atoms with Crippen LogP contribution in [0.3, 0.4) is 0 Å². The van der Waals surface area contributed by atoms with E-state index in [4.69, 9.17) is 9.47 Å². The molecule has 6 nitrogen and oxygen atoms in total. The second kappa shape index (κ2) is 8.46. The van der Waals surface area contributed by atoms with E-state index in [1.165, 1.54) is 24.3 Å². The summed E-state index contributed by atoms with van der Waals surface area (Å²) in [7, 11) is 0.